The Morgan fingerprint density at radius 1 is 1.00 bits per heavy atom. The quantitative estimate of drug-likeness (QED) is 0.0810. The van der Waals surface area contributed by atoms with Gasteiger partial charge < -0.3 is 20.7 Å². The number of nitrogens with one attached hydrogen (secondary N) is 2. The Hall–Kier alpha value is -3.92. The summed E-state index contributed by atoms with van der Waals surface area (Å²) >= 11 is 0. The number of hydrazine groups is 1. The molecule has 2 amide bonds. The number of amidine groups is 1. The van der Waals surface area contributed by atoms with Gasteiger partial charge in [0.1, 0.15) is 23.0 Å². The number of aliphatic imine (C=N–C) groups is 1. The zero-order valence-electron chi connectivity index (χ0n) is 31.9. The van der Waals surface area contributed by atoms with Gasteiger partial charge in [-0.15, -0.1) is 0 Å². The van der Waals surface area contributed by atoms with E-state index < -0.39 is 5.66 Å². The molecule has 1 aliphatic heterocycles. The van der Waals surface area contributed by atoms with Gasteiger partial charge in [-0.25, -0.2) is 11.4 Å². The third kappa shape index (κ3) is 10.1. The van der Waals surface area contributed by atoms with Gasteiger partial charge in [0.05, 0.1) is 19.2 Å². The molecule has 1 atom stereocenters. The highest BCUT2D eigenvalue weighted by atomic mass is 16.5. The highest BCUT2D eigenvalue weighted by Crippen LogP contribution is 2.50. The van der Waals surface area contributed by atoms with Gasteiger partial charge in [0.25, 0.3) is 11.8 Å². The molecule has 50 heavy (non-hydrogen) atoms. The first-order valence-corrected chi connectivity index (χ1v) is 18.1. The lowest BCUT2D eigenvalue weighted by Crippen LogP contribution is -2.51. The molecule has 1 unspecified atom stereocenters. The Morgan fingerprint density at radius 2 is 1.64 bits per heavy atom. The Labute approximate surface area is 299 Å². The molecule has 10 nitrogen and oxygen atoms in total. The lowest BCUT2D eigenvalue weighted by molar-refractivity contribution is -0.134. The average Bonchev–Trinajstić information content (AvgIpc) is 3.30. The second-order valence-electron chi connectivity index (χ2n) is 17.6. The molecule has 1 fully saturated rings. The maximum Gasteiger partial charge on any atom is 0.275 e. The van der Waals surface area contributed by atoms with Crippen molar-refractivity contribution < 1.29 is 14.3 Å². The Kier molecular flexibility index (Phi) is 12.1. The van der Waals surface area contributed by atoms with Crippen LogP contribution in [0.3, 0.4) is 0 Å². The molecule has 0 bridgehead atoms. The van der Waals surface area contributed by atoms with Gasteiger partial charge in [-0.05, 0) is 96.9 Å². The molecule has 1 aliphatic carbocycles. The maximum atomic E-state index is 14.9. The average molecular weight is 688 g/mol. The molecular formula is C40H61N7O3. The predicted molar refractivity (Wildman–Crippen MR) is 203 cm³/mol. The number of hydrogen-bond donors (Lipinski definition) is 4. The summed E-state index contributed by atoms with van der Waals surface area (Å²) < 4.78 is 6.16. The SMILES string of the molecule is CC(C)(C)CCOc1cccc(C2=NC3(CCC(C(C)(C)C)CC3)N(C(CCC(C)(C)C)c3ccc(C(=O)NC/C(N)=N/NN)cc3)C2=O)c1. The zero-order valence-corrected chi connectivity index (χ0v) is 31.9. The molecule has 10 heteroatoms. The van der Waals surface area contributed by atoms with Crippen molar-refractivity contribution in [3.63, 3.8) is 0 Å². The van der Waals surface area contributed by atoms with Crippen LogP contribution in [-0.2, 0) is 4.79 Å². The van der Waals surface area contributed by atoms with Crippen LogP contribution in [0.2, 0.25) is 0 Å². The molecule has 6 N–H and O–H groups in total. The topological polar surface area (TPSA) is 147 Å². The number of nitrogens with zero attached hydrogens (tertiary/aromatic N) is 3. The summed E-state index contributed by atoms with van der Waals surface area (Å²) in [4.78, 5) is 35.3. The first kappa shape index (κ1) is 38.9. The molecular weight excluding hydrogens is 626 g/mol. The molecule has 0 radical (unpaired) electrons. The summed E-state index contributed by atoms with van der Waals surface area (Å²) in [6.07, 6.45) is 6.20. The summed E-state index contributed by atoms with van der Waals surface area (Å²) in [6.45, 7) is 20.9. The molecule has 1 saturated carbocycles. The predicted octanol–water partition coefficient (Wildman–Crippen LogP) is 7.10. The van der Waals surface area contributed by atoms with Crippen molar-refractivity contribution in [3.05, 3.63) is 65.2 Å². The van der Waals surface area contributed by atoms with Gasteiger partial charge in [0, 0.05) is 11.1 Å². The molecule has 2 aromatic carbocycles. The molecule has 0 aromatic heterocycles. The molecule has 2 aliphatic rings. The first-order chi connectivity index (χ1) is 23.3. The van der Waals surface area contributed by atoms with Crippen LogP contribution >= 0.6 is 0 Å². The molecule has 1 spiro atoms. The van der Waals surface area contributed by atoms with E-state index in [1.807, 2.05) is 48.5 Å². The fraction of sp³-hybridized carbons (Fsp3) is 0.600. The van der Waals surface area contributed by atoms with Crippen LogP contribution in [0, 0.1) is 22.2 Å². The van der Waals surface area contributed by atoms with Gasteiger partial charge in [-0.1, -0.05) is 86.6 Å². The zero-order chi connectivity index (χ0) is 36.9. The summed E-state index contributed by atoms with van der Waals surface area (Å²) in [7, 11) is 0. The fourth-order valence-corrected chi connectivity index (χ4v) is 7.01. The lowest BCUT2D eigenvalue weighted by atomic mass is 9.69. The Morgan fingerprint density at radius 3 is 2.22 bits per heavy atom. The standard InChI is InChI=1S/C40H61N7O3/c1-37(2,3)20-19-32(27-13-15-28(16-14-27)35(48)43-26-33(41)45-46-42)47-36(49)34(44-40(47)21-17-30(18-22-40)39(7,8)9)29-11-10-12-31(25-29)50-24-23-38(4,5)6/h10-16,25,30,32,46H,17-24,26,42H2,1-9H3,(H2,41,45)(H,43,48). The van der Waals surface area contributed by atoms with Gasteiger partial charge in [0.2, 0.25) is 0 Å². The number of rotatable bonds is 12. The highest BCUT2D eigenvalue weighted by Gasteiger charge is 2.52. The largest absolute Gasteiger partial charge is 0.494 e. The van der Waals surface area contributed by atoms with Crippen LogP contribution in [0.4, 0.5) is 0 Å². The summed E-state index contributed by atoms with van der Waals surface area (Å²) in [5.74, 6) is 6.33. The van der Waals surface area contributed by atoms with E-state index in [0.717, 1.165) is 61.8 Å². The number of nitrogens with two attached hydrogens (primary N) is 2. The van der Waals surface area contributed by atoms with E-state index in [1.54, 1.807) is 0 Å². The highest BCUT2D eigenvalue weighted by molar-refractivity contribution is 6.46. The van der Waals surface area contributed by atoms with Crippen molar-refractivity contribution in [1.82, 2.24) is 15.8 Å². The second kappa shape index (κ2) is 15.5. The third-order valence-corrected chi connectivity index (χ3v) is 10.1. The Bertz CT molecular complexity index is 1540. The van der Waals surface area contributed by atoms with E-state index in [0.29, 0.717) is 23.8 Å². The second-order valence-corrected chi connectivity index (χ2v) is 17.6. The summed E-state index contributed by atoms with van der Waals surface area (Å²) in [5.41, 5.74) is 10.4. The van der Waals surface area contributed by atoms with Gasteiger partial charge in [0.15, 0.2) is 0 Å². The fourth-order valence-electron chi connectivity index (χ4n) is 7.01. The van der Waals surface area contributed by atoms with Crippen molar-refractivity contribution in [2.24, 2.45) is 43.8 Å². The number of hydrazone groups is 1. The van der Waals surface area contributed by atoms with Crippen LogP contribution in [0.5, 0.6) is 5.75 Å². The molecule has 0 saturated heterocycles. The van der Waals surface area contributed by atoms with Crippen LogP contribution < -0.4 is 27.2 Å². The number of benzene rings is 2. The number of amides is 2. The minimum absolute atomic E-state index is 0.0462. The first-order valence-electron chi connectivity index (χ1n) is 18.1. The van der Waals surface area contributed by atoms with Crippen LogP contribution in [-0.4, -0.2) is 47.1 Å². The van der Waals surface area contributed by atoms with Crippen LogP contribution in [0.1, 0.15) is 135 Å². The van der Waals surface area contributed by atoms with Crippen molar-refractivity contribution in [1.29, 1.82) is 0 Å². The van der Waals surface area contributed by atoms with Crippen molar-refractivity contribution >= 4 is 23.4 Å². The third-order valence-electron chi connectivity index (χ3n) is 10.1. The maximum absolute atomic E-state index is 14.9. The van der Waals surface area contributed by atoms with E-state index in [2.05, 4.69) is 83.2 Å². The normalized spacial score (nSPS) is 20.9. The number of carbonyl (C=O) groups excluding carboxylic acids is 2. The van der Waals surface area contributed by atoms with E-state index >= 15 is 0 Å². The molecule has 4 rings (SSSR count). The minimum Gasteiger partial charge on any atom is -0.494 e. The molecule has 2 aromatic rings. The number of hydrogen-bond acceptors (Lipinski definition) is 7. The van der Waals surface area contributed by atoms with Crippen LogP contribution in [0.15, 0.2) is 58.6 Å². The van der Waals surface area contributed by atoms with Gasteiger partial charge in [-0.3, -0.25) is 14.6 Å². The molecule has 274 valence electrons. The van der Waals surface area contributed by atoms with Crippen LogP contribution in [0.25, 0.3) is 0 Å². The lowest BCUT2D eigenvalue weighted by Gasteiger charge is -2.47. The molecule has 1 heterocycles. The number of carbonyl (C=O) groups is 2. The van der Waals surface area contributed by atoms with Crippen molar-refractivity contribution in [2.45, 2.75) is 119 Å². The smallest absolute Gasteiger partial charge is 0.275 e. The Balaban J connectivity index is 1.71. The monoisotopic (exact) mass is 687 g/mol. The van der Waals surface area contributed by atoms with Crippen molar-refractivity contribution in [3.8, 4) is 5.75 Å². The number of ether oxygens (including phenoxy) is 1. The van der Waals surface area contributed by atoms with E-state index in [-0.39, 0.29) is 46.5 Å². The van der Waals surface area contributed by atoms with E-state index in [4.69, 9.17) is 21.3 Å². The van der Waals surface area contributed by atoms with Crippen molar-refractivity contribution in [2.75, 3.05) is 13.2 Å². The minimum atomic E-state index is -0.649. The van der Waals surface area contributed by atoms with E-state index in [9.17, 15) is 9.59 Å². The summed E-state index contributed by atoms with van der Waals surface area (Å²) in [6, 6.07) is 15.2. The van der Waals surface area contributed by atoms with E-state index in [1.165, 1.54) is 0 Å². The van der Waals surface area contributed by atoms with Gasteiger partial charge >= 0.3 is 0 Å². The summed E-state index contributed by atoms with van der Waals surface area (Å²) in [5, 5.41) is 6.45. The van der Waals surface area contributed by atoms with Gasteiger partial charge in [-0.2, -0.15) is 5.10 Å².